The summed E-state index contributed by atoms with van der Waals surface area (Å²) in [7, 11) is -4.21. The lowest BCUT2D eigenvalue weighted by Gasteiger charge is -2.33. The minimum absolute atomic E-state index is 0.0741. The smallest absolute Gasteiger partial charge is 0.334 e. The summed E-state index contributed by atoms with van der Waals surface area (Å²) in [5.41, 5.74) is 2.68. The average molecular weight is 506 g/mol. The monoisotopic (exact) mass is 505 g/mol. The summed E-state index contributed by atoms with van der Waals surface area (Å²) in [5, 5.41) is 4.10. The molecular weight excluding hydrogens is 483 g/mol. The van der Waals surface area contributed by atoms with E-state index in [1.54, 1.807) is 18.5 Å². The van der Waals surface area contributed by atoms with Gasteiger partial charge in [-0.3, -0.25) is 4.98 Å². The first-order chi connectivity index (χ1) is 16.6. The van der Waals surface area contributed by atoms with Crippen molar-refractivity contribution >= 4 is 10.2 Å². The molecule has 1 N–H and O–H groups in total. The maximum Gasteiger partial charge on any atom is 0.402 e. The standard InChI is InChI=1S/C23H22F3N5O3S/c24-23(25,26)13-31-12-22(30-35(31,32)33)18-5-6-19(22)10-17-8-15(4-3-14(17)9-18)20-28-21(34-29-20)16-2-1-7-27-11-16/h1-4,7-8,11,18-19,30H,5-6,9-10,12-13H2/t18-,19+,22-/m1/s1. The Morgan fingerprint density at radius 2 is 1.89 bits per heavy atom. The second-order valence-corrected chi connectivity index (χ2v) is 11.2. The van der Waals surface area contributed by atoms with Crippen molar-refractivity contribution < 1.29 is 26.1 Å². The number of pyridine rings is 1. The Labute approximate surface area is 199 Å². The highest BCUT2D eigenvalue weighted by Crippen LogP contribution is 2.50. The zero-order valence-electron chi connectivity index (χ0n) is 18.5. The van der Waals surface area contributed by atoms with Gasteiger partial charge < -0.3 is 4.52 Å². The van der Waals surface area contributed by atoms with E-state index in [9.17, 15) is 21.6 Å². The highest BCUT2D eigenvalue weighted by Gasteiger charge is 2.60. The topological polar surface area (TPSA) is 101 Å². The summed E-state index contributed by atoms with van der Waals surface area (Å²) in [5.74, 6) is 0.600. The molecule has 2 aromatic heterocycles. The van der Waals surface area contributed by atoms with Gasteiger partial charge in [-0.05, 0) is 66.8 Å². The van der Waals surface area contributed by atoms with E-state index >= 15 is 0 Å². The van der Waals surface area contributed by atoms with Gasteiger partial charge in [0, 0.05) is 24.5 Å². The van der Waals surface area contributed by atoms with E-state index in [0.29, 0.717) is 34.4 Å². The maximum atomic E-state index is 13.1. The van der Waals surface area contributed by atoms with Crippen LogP contribution in [0.5, 0.6) is 0 Å². The van der Waals surface area contributed by atoms with Crippen molar-refractivity contribution in [2.45, 2.75) is 37.4 Å². The summed E-state index contributed by atoms with van der Waals surface area (Å²) in [4.78, 5) is 8.54. The van der Waals surface area contributed by atoms with Crippen LogP contribution in [-0.2, 0) is 23.1 Å². The number of alkyl halides is 3. The van der Waals surface area contributed by atoms with Crippen LogP contribution in [0.15, 0.2) is 47.2 Å². The molecule has 184 valence electrons. The molecule has 2 fully saturated rings. The van der Waals surface area contributed by atoms with Crippen molar-refractivity contribution in [2.75, 3.05) is 13.1 Å². The van der Waals surface area contributed by atoms with Gasteiger partial charge in [0.2, 0.25) is 5.82 Å². The van der Waals surface area contributed by atoms with Crippen molar-refractivity contribution in [2.24, 2.45) is 11.8 Å². The Bertz CT molecular complexity index is 1380. The molecule has 1 aromatic carbocycles. The van der Waals surface area contributed by atoms with Gasteiger partial charge in [-0.2, -0.15) is 35.6 Å². The fourth-order valence-corrected chi connectivity index (χ4v) is 7.64. The van der Waals surface area contributed by atoms with Gasteiger partial charge in [-0.1, -0.05) is 17.3 Å². The van der Waals surface area contributed by atoms with Crippen molar-refractivity contribution in [3.05, 3.63) is 53.9 Å². The van der Waals surface area contributed by atoms with Gasteiger partial charge in [0.25, 0.3) is 16.1 Å². The quantitative estimate of drug-likeness (QED) is 0.586. The van der Waals surface area contributed by atoms with E-state index in [4.69, 9.17) is 4.52 Å². The molecule has 2 aliphatic carbocycles. The lowest BCUT2D eigenvalue weighted by molar-refractivity contribution is -0.136. The molecule has 6 rings (SSSR count). The van der Waals surface area contributed by atoms with E-state index in [1.807, 2.05) is 24.3 Å². The van der Waals surface area contributed by atoms with E-state index < -0.39 is 28.5 Å². The van der Waals surface area contributed by atoms with E-state index in [0.717, 1.165) is 29.5 Å². The van der Waals surface area contributed by atoms with Crippen molar-refractivity contribution in [1.29, 1.82) is 0 Å². The number of fused-ring (bicyclic) bond motifs is 1. The normalized spacial score (nSPS) is 27.7. The molecule has 12 heteroatoms. The number of benzene rings is 1. The van der Waals surface area contributed by atoms with Gasteiger partial charge in [-0.15, -0.1) is 0 Å². The van der Waals surface area contributed by atoms with Crippen LogP contribution in [0, 0.1) is 11.8 Å². The zero-order chi connectivity index (χ0) is 24.4. The van der Waals surface area contributed by atoms with Crippen LogP contribution < -0.4 is 4.72 Å². The predicted octanol–water partition coefficient (Wildman–Crippen LogP) is 3.37. The molecule has 0 unspecified atom stereocenters. The number of nitrogens with zero attached hydrogens (tertiary/aromatic N) is 4. The summed E-state index contributed by atoms with van der Waals surface area (Å²) in [6, 6.07) is 9.47. The highest BCUT2D eigenvalue weighted by atomic mass is 32.2. The third-order valence-electron chi connectivity index (χ3n) is 7.50. The van der Waals surface area contributed by atoms with Gasteiger partial charge in [0.05, 0.1) is 11.1 Å². The van der Waals surface area contributed by atoms with Gasteiger partial charge in [-0.25, -0.2) is 0 Å². The van der Waals surface area contributed by atoms with Crippen molar-refractivity contribution in [3.8, 4) is 22.8 Å². The van der Waals surface area contributed by atoms with Crippen LogP contribution in [-0.4, -0.2) is 52.7 Å². The van der Waals surface area contributed by atoms with E-state index in [1.165, 1.54) is 0 Å². The molecule has 3 aromatic rings. The van der Waals surface area contributed by atoms with Crippen LogP contribution in [0.2, 0.25) is 0 Å². The Morgan fingerprint density at radius 3 is 2.60 bits per heavy atom. The Morgan fingerprint density at radius 1 is 1.11 bits per heavy atom. The first-order valence-electron chi connectivity index (χ1n) is 11.3. The number of halogens is 3. The number of hydrogen-bond donors (Lipinski definition) is 1. The fraction of sp³-hybridized carbons (Fsp3) is 0.435. The molecule has 1 saturated carbocycles. The third kappa shape index (κ3) is 3.93. The van der Waals surface area contributed by atoms with Crippen LogP contribution in [0.1, 0.15) is 24.0 Å². The average Bonchev–Trinajstić information content (AvgIpc) is 3.43. The summed E-state index contributed by atoms with van der Waals surface area (Å²) in [6.07, 6.45) is 1.38. The molecule has 35 heavy (non-hydrogen) atoms. The fourth-order valence-electron chi connectivity index (χ4n) is 5.93. The molecule has 2 bridgehead atoms. The van der Waals surface area contributed by atoms with Crippen LogP contribution in [0.3, 0.4) is 0 Å². The first-order valence-corrected chi connectivity index (χ1v) is 12.8. The molecule has 1 spiro atoms. The predicted molar refractivity (Wildman–Crippen MR) is 119 cm³/mol. The molecule has 1 saturated heterocycles. The minimum Gasteiger partial charge on any atom is -0.334 e. The SMILES string of the molecule is O=S1(=O)N[C@]2(CN1CC(F)(F)F)[C@@H]1CC[C@H]2Cc2cc(-c3noc(-c4cccnc4)n3)ccc2C1. The number of nitrogens with one attached hydrogen (secondary N) is 1. The largest absolute Gasteiger partial charge is 0.402 e. The molecule has 8 nitrogen and oxygen atoms in total. The zero-order valence-corrected chi connectivity index (χ0v) is 19.3. The first kappa shape index (κ1) is 22.6. The van der Waals surface area contributed by atoms with Gasteiger partial charge in [0.1, 0.15) is 6.54 Å². The summed E-state index contributed by atoms with van der Waals surface area (Å²) < 4.78 is 73.2. The van der Waals surface area contributed by atoms with Crippen LogP contribution in [0.25, 0.3) is 22.8 Å². The number of rotatable bonds is 3. The van der Waals surface area contributed by atoms with Crippen molar-refractivity contribution in [1.82, 2.24) is 24.2 Å². The third-order valence-corrected chi connectivity index (χ3v) is 9.08. The highest BCUT2D eigenvalue weighted by molar-refractivity contribution is 7.87. The number of aromatic nitrogens is 3. The molecule has 3 aliphatic rings. The molecule has 3 heterocycles. The number of hydrogen-bond acceptors (Lipinski definition) is 6. The second kappa shape index (κ2) is 7.84. The molecular formula is C23H22F3N5O3S. The van der Waals surface area contributed by atoms with Gasteiger partial charge >= 0.3 is 6.18 Å². The second-order valence-electron chi connectivity index (χ2n) is 9.56. The van der Waals surface area contributed by atoms with E-state index in [-0.39, 0.29) is 18.4 Å². The Hall–Kier alpha value is -2.83. The van der Waals surface area contributed by atoms with E-state index in [2.05, 4.69) is 19.8 Å². The molecule has 3 atom stereocenters. The summed E-state index contributed by atoms with van der Waals surface area (Å²) >= 11 is 0. The van der Waals surface area contributed by atoms with Crippen molar-refractivity contribution in [3.63, 3.8) is 0 Å². The Kier molecular flexibility index (Phi) is 5.07. The summed E-state index contributed by atoms with van der Waals surface area (Å²) in [6.45, 7) is -1.64. The molecule has 0 amide bonds. The van der Waals surface area contributed by atoms with Crippen LogP contribution >= 0.6 is 0 Å². The minimum atomic E-state index is -4.60. The lowest BCUT2D eigenvalue weighted by Crippen LogP contribution is -2.52. The molecule has 0 radical (unpaired) electrons. The Balaban J connectivity index is 1.30. The van der Waals surface area contributed by atoms with Crippen LogP contribution in [0.4, 0.5) is 13.2 Å². The lowest BCUT2D eigenvalue weighted by atomic mass is 9.79. The molecule has 1 aliphatic heterocycles. The van der Waals surface area contributed by atoms with Gasteiger partial charge in [0.15, 0.2) is 0 Å². The maximum absolute atomic E-state index is 13.1.